The Kier molecular flexibility index (Phi) is 5.55. The van der Waals surface area contributed by atoms with Crippen LogP contribution in [0.5, 0.6) is 0 Å². The van der Waals surface area contributed by atoms with Gasteiger partial charge in [0.25, 0.3) is 0 Å². The van der Waals surface area contributed by atoms with E-state index in [1.807, 2.05) is 0 Å². The Hall–Kier alpha value is -0.0600. The van der Waals surface area contributed by atoms with E-state index in [1.54, 1.807) is 11.3 Å². The number of nitrogens with one attached hydrogen (secondary N) is 1. The van der Waals surface area contributed by atoms with Gasteiger partial charge in [-0.15, -0.1) is 11.3 Å². The van der Waals surface area contributed by atoms with Gasteiger partial charge >= 0.3 is 0 Å². The molecule has 0 aliphatic heterocycles. The van der Waals surface area contributed by atoms with Gasteiger partial charge in [0.15, 0.2) is 0 Å². The third-order valence-corrected chi connectivity index (χ3v) is 6.88. The van der Waals surface area contributed by atoms with Crippen molar-refractivity contribution in [2.45, 2.75) is 69.6 Å². The molecule has 1 saturated carbocycles. The Labute approximate surface area is 132 Å². The minimum absolute atomic E-state index is 0.173. The van der Waals surface area contributed by atoms with Gasteiger partial charge in [-0.05, 0) is 19.1 Å². The standard InChI is InChI=1S/C16H28N2S2/c1-15(2,3)14-18-13(11-20-14)10-17-12-16(19-4)8-6-5-7-9-16/h11,17H,5-10,12H2,1-4H3. The molecule has 0 radical (unpaired) electrons. The zero-order valence-corrected chi connectivity index (χ0v) is 14.9. The van der Waals surface area contributed by atoms with Crippen LogP contribution in [0.2, 0.25) is 0 Å². The fourth-order valence-corrected chi connectivity index (χ4v) is 4.65. The first-order valence-corrected chi connectivity index (χ1v) is 9.76. The average molecular weight is 313 g/mol. The zero-order valence-electron chi connectivity index (χ0n) is 13.3. The van der Waals surface area contributed by atoms with Gasteiger partial charge < -0.3 is 5.32 Å². The van der Waals surface area contributed by atoms with Gasteiger partial charge in [0.2, 0.25) is 0 Å². The van der Waals surface area contributed by atoms with Crippen molar-refractivity contribution in [3.05, 3.63) is 16.1 Å². The molecule has 2 nitrogen and oxygen atoms in total. The molecule has 1 N–H and O–H groups in total. The van der Waals surface area contributed by atoms with E-state index in [0.717, 1.165) is 13.1 Å². The normalized spacial score (nSPS) is 19.2. The molecule has 0 unspecified atom stereocenters. The van der Waals surface area contributed by atoms with E-state index in [-0.39, 0.29) is 5.41 Å². The lowest BCUT2D eigenvalue weighted by Gasteiger charge is -2.36. The van der Waals surface area contributed by atoms with Crippen LogP contribution in [-0.2, 0) is 12.0 Å². The number of aromatic nitrogens is 1. The highest BCUT2D eigenvalue weighted by Crippen LogP contribution is 2.38. The van der Waals surface area contributed by atoms with Crippen LogP contribution >= 0.6 is 23.1 Å². The van der Waals surface area contributed by atoms with E-state index < -0.39 is 0 Å². The summed E-state index contributed by atoms with van der Waals surface area (Å²) in [6, 6.07) is 0. The monoisotopic (exact) mass is 312 g/mol. The lowest BCUT2D eigenvalue weighted by Crippen LogP contribution is -2.39. The molecule has 1 aromatic rings. The van der Waals surface area contributed by atoms with Crippen molar-refractivity contribution in [2.24, 2.45) is 0 Å². The van der Waals surface area contributed by atoms with Gasteiger partial charge in [0, 0.05) is 28.6 Å². The minimum Gasteiger partial charge on any atom is -0.310 e. The van der Waals surface area contributed by atoms with Gasteiger partial charge in [-0.2, -0.15) is 11.8 Å². The second kappa shape index (κ2) is 6.80. The van der Waals surface area contributed by atoms with E-state index in [1.165, 1.54) is 42.8 Å². The molecule has 114 valence electrons. The summed E-state index contributed by atoms with van der Waals surface area (Å²) in [4.78, 5) is 4.76. The number of thioether (sulfide) groups is 1. The van der Waals surface area contributed by atoms with Crippen molar-refractivity contribution in [1.29, 1.82) is 0 Å². The van der Waals surface area contributed by atoms with Crippen LogP contribution in [0.4, 0.5) is 0 Å². The summed E-state index contributed by atoms with van der Waals surface area (Å²) in [5.41, 5.74) is 1.37. The largest absolute Gasteiger partial charge is 0.310 e. The number of hydrogen-bond acceptors (Lipinski definition) is 4. The predicted octanol–water partition coefficient (Wildman–Crippen LogP) is 4.60. The maximum Gasteiger partial charge on any atom is 0.0982 e. The van der Waals surface area contributed by atoms with E-state index in [9.17, 15) is 0 Å². The van der Waals surface area contributed by atoms with Crippen molar-refractivity contribution in [1.82, 2.24) is 10.3 Å². The van der Waals surface area contributed by atoms with Crippen LogP contribution in [0.15, 0.2) is 5.38 Å². The molecule has 0 bridgehead atoms. The molecule has 1 heterocycles. The lowest BCUT2D eigenvalue weighted by atomic mass is 9.88. The van der Waals surface area contributed by atoms with Crippen molar-refractivity contribution in [2.75, 3.05) is 12.8 Å². The molecule has 0 saturated heterocycles. The summed E-state index contributed by atoms with van der Waals surface area (Å²) in [5, 5.41) is 7.10. The first-order valence-electron chi connectivity index (χ1n) is 7.66. The third-order valence-electron chi connectivity index (χ3n) is 4.14. The summed E-state index contributed by atoms with van der Waals surface area (Å²) in [5.74, 6) is 0. The zero-order chi connectivity index (χ0) is 14.6. The molecule has 1 aliphatic rings. The second-order valence-corrected chi connectivity index (χ2v) is 9.08. The number of thiazole rings is 1. The summed E-state index contributed by atoms with van der Waals surface area (Å²) >= 11 is 3.85. The van der Waals surface area contributed by atoms with Crippen LogP contribution in [0, 0.1) is 0 Å². The number of nitrogens with zero attached hydrogens (tertiary/aromatic N) is 1. The molecule has 1 aromatic heterocycles. The molecule has 0 aromatic carbocycles. The molecular weight excluding hydrogens is 284 g/mol. The van der Waals surface area contributed by atoms with Gasteiger partial charge in [-0.1, -0.05) is 40.0 Å². The van der Waals surface area contributed by atoms with Crippen molar-refractivity contribution in [3.63, 3.8) is 0 Å². The highest BCUT2D eigenvalue weighted by molar-refractivity contribution is 8.00. The van der Waals surface area contributed by atoms with Gasteiger partial charge in [0.1, 0.15) is 0 Å². The number of rotatable bonds is 5. The first kappa shape index (κ1) is 16.3. The van der Waals surface area contributed by atoms with E-state index >= 15 is 0 Å². The highest BCUT2D eigenvalue weighted by Gasteiger charge is 2.30. The van der Waals surface area contributed by atoms with Gasteiger partial charge in [0.05, 0.1) is 10.7 Å². The topological polar surface area (TPSA) is 24.9 Å². The van der Waals surface area contributed by atoms with Gasteiger partial charge in [-0.25, -0.2) is 4.98 Å². The van der Waals surface area contributed by atoms with E-state index in [4.69, 9.17) is 4.98 Å². The summed E-state index contributed by atoms with van der Waals surface area (Å²) in [6.07, 6.45) is 9.22. The Balaban J connectivity index is 1.84. The molecule has 1 fully saturated rings. The highest BCUT2D eigenvalue weighted by atomic mass is 32.2. The second-order valence-electron chi connectivity index (χ2n) is 6.95. The minimum atomic E-state index is 0.173. The molecule has 0 spiro atoms. The molecule has 2 rings (SSSR count). The third kappa shape index (κ3) is 4.22. The molecule has 1 aliphatic carbocycles. The lowest BCUT2D eigenvalue weighted by molar-refractivity contribution is 0.379. The maximum absolute atomic E-state index is 4.76. The summed E-state index contributed by atoms with van der Waals surface area (Å²) < 4.78 is 0.473. The number of hydrogen-bond donors (Lipinski definition) is 1. The van der Waals surface area contributed by atoms with Gasteiger partial charge in [-0.3, -0.25) is 0 Å². The van der Waals surface area contributed by atoms with Crippen LogP contribution in [0.1, 0.15) is 63.6 Å². The van der Waals surface area contributed by atoms with Crippen molar-refractivity contribution >= 4 is 23.1 Å². The van der Waals surface area contributed by atoms with Crippen LogP contribution in [-0.4, -0.2) is 22.5 Å². The Morgan fingerprint density at radius 1 is 1.30 bits per heavy atom. The SMILES string of the molecule is CSC1(CNCc2csc(C(C)(C)C)n2)CCCCC1. The predicted molar refractivity (Wildman–Crippen MR) is 91.9 cm³/mol. The average Bonchev–Trinajstić information content (AvgIpc) is 2.89. The molecule has 0 atom stereocenters. The maximum atomic E-state index is 4.76. The van der Waals surface area contributed by atoms with E-state index in [0.29, 0.717) is 4.75 Å². The quantitative estimate of drug-likeness (QED) is 0.860. The Morgan fingerprint density at radius 3 is 2.55 bits per heavy atom. The van der Waals surface area contributed by atoms with Crippen LogP contribution < -0.4 is 5.32 Å². The summed E-state index contributed by atoms with van der Waals surface area (Å²) in [7, 11) is 0. The Bertz CT molecular complexity index is 414. The molecule has 20 heavy (non-hydrogen) atoms. The first-order chi connectivity index (χ1) is 9.45. The van der Waals surface area contributed by atoms with Crippen molar-refractivity contribution < 1.29 is 0 Å². The van der Waals surface area contributed by atoms with Crippen molar-refractivity contribution in [3.8, 4) is 0 Å². The fraction of sp³-hybridized carbons (Fsp3) is 0.812. The fourth-order valence-electron chi connectivity index (χ4n) is 2.80. The van der Waals surface area contributed by atoms with Crippen LogP contribution in [0.3, 0.4) is 0 Å². The van der Waals surface area contributed by atoms with E-state index in [2.05, 4.69) is 49.5 Å². The Morgan fingerprint density at radius 2 is 2.00 bits per heavy atom. The summed E-state index contributed by atoms with van der Waals surface area (Å²) in [6.45, 7) is 8.72. The molecular formula is C16H28N2S2. The van der Waals surface area contributed by atoms with Crippen LogP contribution in [0.25, 0.3) is 0 Å². The molecule has 4 heteroatoms. The molecule has 0 amide bonds. The smallest absolute Gasteiger partial charge is 0.0982 e.